The van der Waals surface area contributed by atoms with Crippen LogP contribution in [0.1, 0.15) is 12.8 Å². The van der Waals surface area contributed by atoms with Crippen LogP contribution in [0.15, 0.2) is 22.7 Å². The maximum Gasteiger partial charge on any atom is 0.192 e. The van der Waals surface area contributed by atoms with Crippen LogP contribution in [-0.4, -0.2) is 33.2 Å². The number of aromatic nitrogens is 3. The molecule has 1 fully saturated rings. The second-order valence-electron chi connectivity index (χ2n) is 4.48. The van der Waals surface area contributed by atoms with Crippen LogP contribution >= 0.6 is 23.1 Å². The molecule has 3 rings (SSSR count). The first-order valence-corrected chi connectivity index (χ1v) is 8.33. The fourth-order valence-electron chi connectivity index (χ4n) is 2.24. The third-order valence-electron chi connectivity index (χ3n) is 3.13. The van der Waals surface area contributed by atoms with Gasteiger partial charge in [0.2, 0.25) is 0 Å². The quantitative estimate of drug-likeness (QED) is 0.795. The smallest absolute Gasteiger partial charge is 0.192 e. The van der Waals surface area contributed by atoms with Gasteiger partial charge in [-0.15, -0.1) is 21.5 Å². The third-order valence-corrected chi connectivity index (χ3v) is 4.83. The summed E-state index contributed by atoms with van der Waals surface area (Å²) in [6, 6.07) is 6.18. The molecule has 104 valence electrons. The van der Waals surface area contributed by atoms with Crippen LogP contribution in [0.5, 0.6) is 0 Å². The molecule has 1 aliphatic heterocycles. The molecule has 1 saturated heterocycles. The molecule has 0 aromatic carbocycles. The van der Waals surface area contributed by atoms with E-state index in [-0.39, 0.29) is 6.10 Å². The van der Waals surface area contributed by atoms with E-state index in [4.69, 9.17) is 10.00 Å². The summed E-state index contributed by atoms with van der Waals surface area (Å²) in [5.41, 5.74) is 0. The first kappa shape index (κ1) is 13.6. The van der Waals surface area contributed by atoms with Crippen molar-refractivity contribution in [3.05, 3.63) is 17.5 Å². The lowest BCUT2D eigenvalue weighted by Crippen LogP contribution is -2.16. The normalized spacial score (nSPS) is 18.2. The Morgan fingerprint density at radius 3 is 3.20 bits per heavy atom. The molecule has 0 aliphatic carbocycles. The number of hydrogen-bond acceptors (Lipinski definition) is 6. The lowest BCUT2D eigenvalue weighted by Gasteiger charge is -2.13. The molecule has 0 N–H and O–H groups in total. The molecule has 0 amide bonds. The van der Waals surface area contributed by atoms with Gasteiger partial charge in [-0.05, 0) is 24.3 Å². The van der Waals surface area contributed by atoms with Gasteiger partial charge in [0.1, 0.15) is 0 Å². The summed E-state index contributed by atoms with van der Waals surface area (Å²) in [5, 5.41) is 20.1. The van der Waals surface area contributed by atoms with Gasteiger partial charge in [-0.25, -0.2) is 0 Å². The maximum absolute atomic E-state index is 8.74. The standard InChI is InChI=1S/C13H14N4OS2/c14-5-8-20-13-16-15-12(11-4-2-7-19-11)17(13)9-10-3-1-6-18-10/h2,4,7,10H,1,3,6,8-9H2. The van der Waals surface area contributed by atoms with E-state index in [1.807, 2.05) is 17.5 Å². The highest BCUT2D eigenvalue weighted by molar-refractivity contribution is 7.99. The summed E-state index contributed by atoms with van der Waals surface area (Å²) < 4.78 is 7.80. The van der Waals surface area contributed by atoms with E-state index in [1.165, 1.54) is 11.8 Å². The Morgan fingerprint density at radius 2 is 2.50 bits per heavy atom. The second-order valence-corrected chi connectivity index (χ2v) is 6.37. The fourth-order valence-corrected chi connectivity index (χ4v) is 3.56. The molecule has 0 radical (unpaired) electrons. The predicted octanol–water partition coefficient (Wildman–Crippen LogP) is 2.80. The Balaban J connectivity index is 1.89. The van der Waals surface area contributed by atoms with Crippen molar-refractivity contribution in [2.24, 2.45) is 0 Å². The van der Waals surface area contributed by atoms with Crippen LogP contribution in [0.2, 0.25) is 0 Å². The van der Waals surface area contributed by atoms with Crippen molar-refractivity contribution in [1.82, 2.24) is 14.8 Å². The minimum Gasteiger partial charge on any atom is -0.376 e. The molecule has 20 heavy (non-hydrogen) atoms. The highest BCUT2D eigenvalue weighted by Crippen LogP contribution is 2.28. The van der Waals surface area contributed by atoms with E-state index in [2.05, 4.69) is 20.8 Å². The maximum atomic E-state index is 8.74. The van der Waals surface area contributed by atoms with E-state index in [9.17, 15) is 0 Å². The second kappa shape index (κ2) is 6.39. The Hall–Kier alpha value is -1.36. The van der Waals surface area contributed by atoms with E-state index in [1.54, 1.807) is 11.3 Å². The summed E-state index contributed by atoms with van der Waals surface area (Å²) in [6.45, 7) is 1.59. The van der Waals surface area contributed by atoms with Crippen LogP contribution < -0.4 is 0 Å². The van der Waals surface area contributed by atoms with Crippen LogP contribution in [0.3, 0.4) is 0 Å². The SMILES string of the molecule is N#CCSc1nnc(-c2cccs2)n1CC1CCCO1. The Morgan fingerprint density at radius 1 is 1.55 bits per heavy atom. The van der Waals surface area contributed by atoms with Crippen molar-refractivity contribution in [3.8, 4) is 16.8 Å². The lowest BCUT2D eigenvalue weighted by molar-refractivity contribution is 0.0953. The van der Waals surface area contributed by atoms with Gasteiger partial charge in [-0.1, -0.05) is 17.8 Å². The van der Waals surface area contributed by atoms with Crippen molar-refractivity contribution in [3.63, 3.8) is 0 Å². The van der Waals surface area contributed by atoms with E-state index in [0.29, 0.717) is 5.75 Å². The highest BCUT2D eigenvalue weighted by Gasteiger charge is 2.21. The van der Waals surface area contributed by atoms with Crippen LogP contribution in [0.25, 0.3) is 10.7 Å². The lowest BCUT2D eigenvalue weighted by atomic mass is 10.2. The third kappa shape index (κ3) is 2.87. The predicted molar refractivity (Wildman–Crippen MR) is 78.6 cm³/mol. The van der Waals surface area contributed by atoms with Crippen LogP contribution in [0, 0.1) is 11.3 Å². The molecule has 3 heterocycles. The van der Waals surface area contributed by atoms with Crippen molar-refractivity contribution < 1.29 is 4.74 Å². The first-order chi connectivity index (χ1) is 9.88. The fraction of sp³-hybridized carbons (Fsp3) is 0.462. The molecular formula is C13H14N4OS2. The summed E-state index contributed by atoms with van der Waals surface area (Å²) in [7, 11) is 0. The topological polar surface area (TPSA) is 63.7 Å². The molecule has 0 saturated carbocycles. The molecule has 2 aromatic rings. The molecule has 1 aliphatic rings. The number of hydrogen-bond donors (Lipinski definition) is 0. The van der Waals surface area contributed by atoms with E-state index in [0.717, 1.165) is 41.9 Å². The van der Waals surface area contributed by atoms with Crippen molar-refractivity contribution in [2.75, 3.05) is 12.4 Å². The molecular weight excluding hydrogens is 292 g/mol. The van der Waals surface area contributed by atoms with Crippen molar-refractivity contribution in [1.29, 1.82) is 5.26 Å². The zero-order valence-electron chi connectivity index (χ0n) is 10.9. The minimum absolute atomic E-state index is 0.228. The number of ether oxygens (including phenoxy) is 1. The average molecular weight is 306 g/mol. The molecule has 5 nitrogen and oxygen atoms in total. The van der Waals surface area contributed by atoms with Gasteiger partial charge >= 0.3 is 0 Å². The molecule has 0 bridgehead atoms. The molecule has 2 aromatic heterocycles. The zero-order chi connectivity index (χ0) is 13.8. The van der Waals surface area contributed by atoms with Crippen LogP contribution in [0.4, 0.5) is 0 Å². The number of nitrogens with zero attached hydrogens (tertiary/aromatic N) is 4. The first-order valence-electron chi connectivity index (χ1n) is 6.47. The Kier molecular flexibility index (Phi) is 4.35. The largest absolute Gasteiger partial charge is 0.376 e. The van der Waals surface area contributed by atoms with Gasteiger partial charge in [0, 0.05) is 6.61 Å². The van der Waals surface area contributed by atoms with Gasteiger partial charge in [-0.3, -0.25) is 4.57 Å². The minimum atomic E-state index is 0.228. The van der Waals surface area contributed by atoms with Gasteiger partial charge < -0.3 is 4.74 Å². The molecule has 1 unspecified atom stereocenters. The molecule has 1 atom stereocenters. The van der Waals surface area contributed by atoms with Crippen LogP contribution in [-0.2, 0) is 11.3 Å². The molecule has 0 spiro atoms. The number of thiophene rings is 1. The summed E-state index contributed by atoms with van der Waals surface area (Å²) in [5.74, 6) is 1.25. The van der Waals surface area contributed by atoms with Gasteiger partial charge in [0.15, 0.2) is 11.0 Å². The highest BCUT2D eigenvalue weighted by atomic mass is 32.2. The average Bonchev–Trinajstić information content (AvgIpc) is 3.19. The van der Waals surface area contributed by atoms with Crippen molar-refractivity contribution in [2.45, 2.75) is 30.6 Å². The Bertz CT molecular complexity index is 596. The summed E-state index contributed by atoms with van der Waals surface area (Å²) in [6.07, 6.45) is 2.41. The summed E-state index contributed by atoms with van der Waals surface area (Å²) >= 11 is 3.07. The summed E-state index contributed by atoms with van der Waals surface area (Å²) in [4.78, 5) is 1.10. The van der Waals surface area contributed by atoms with Gasteiger partial charge in [-0.2, -0.15) is 5.26 Å². The number of rotatable bonds is 5. The van der Waals surface area contributed by atoms with E-state index < -0.39 is 0 Å². The number of nitriles is 1. The van der Waals surface area contributed by atoms with Gasteiger partial charge in [0.05, 0.1) is 29.3 Å². The van der Waals surface area contributed by atoms with Gasteiger partial charge in [0.25, 0.3) is 0 Å². The monoisotopic (exact) mass is 306 g/mol. The molecule has 7 heteroatoms. The van der Waals surface area contributed by atoms with Crippen molar-refractivity contribution >= 4 is 23.1 Å². The number of thioether (sulfide) groups is 1. The van der Waals surface area contributed by atoms with E-state index >= 15 is 0 Å². The Labute approximate surface area is 125 Å². The zero-order valence-corrected chi connectivity index (χ0v) is 12.5.